The van der Waals surface area contributed by atoms with Gasteiger partial charge in [-0.1, -0.05) is 29.8 Å². The maximum absolute atomic E-state index is 12.8. The molecule has 0 aromatic heterocycles. The van der Waals surface area contributed by atoms with Crippen LogP contribution < -0.4 is 4.90 Å². The summed E-state index contributed by atoms with van der Waals surface area (Å²) in [5.74, 6) is -0.167. The first-order valence-electron chi connectivity index (χ1n) is 8.02. The summed E-state index contributed by atoms with van der Waals surface area (Å²) >= 11 is 6.23. The van der Waals surface area contributed by atoms with Crippen LogP contribution in [0.2, 0.25) is 5.02 Å². The third kappa shape index (κ3) is 3.44. The number of halogens is 1. The zero-order valence-electron chi connectivity index (χ0n) is 13.8. The van der Waals surface area contributed by atoms with Crippen molar-refractivity contribution in [3.8, 4) is 0 Å². The quantitative estimate of drug-likeness (QED) is 0.621. The molecule has 0 aliphatic carbocycles. The molecule has 1 saturated heterocycles. The topological polar surface area (TPSA) is 66.7 Å². The number of rotatable bonds is 3. The van der Waals surface area contributed by atoms with Crippen molar-refractivity contribution in [2.45, 2.75) is 6.92 Å². The molecule has 2 aromatic rings. The van der Waals surface area contributed by atoms with E-state index in [9.17, 15) is 14.9 Å². The standard InChI is InChI=1S/C18H18ClN3O3/c1-13-14(5-4-8-16(13)22(24)25)18(23)21-11-9-20(10-12-21)17-7-3-2-6-15(17)19/h2-8H,9-12H2,1H3. The van der Waals surface area contributed by atoms with Crippen LogP contribution in [0.3, 0.4) is 0 Å². The number of nitro benzene ring substituents is 1. The van der Waals surface area contributed by atoms with Gasteiger partial charge in [0.2, 0.25) is 0 Å². The Balaban J connectivity index is 1.73. The summed E-state index contributed by atoms with van der Waals surface area (Å²) in [5.41, 5.74) is 1.73. The lowest BCUT2D eigenvalue weighted by Gasteiger charge is -2.36. The van der Waals surface area contributed by atoms with Gasteiger partial charge < -0.3 is 9.80 Å². The summed E-state index contributed by atoms with van der Waals surface area (Å²) in [6, 6.07) is 12.2. The molecule has 7 heteroatoms. The number of anilines is 1. The third-order valence-corrected chi connectivity index (χ3v) is 4.81. The number of carbonyl (C=O) groups is 1. The van der Waals surface area contributed by atoms with E-state index in [1.807, 2.05) is 24.3 Å². The zero-order valence-corrected chi connectivity index (χ0v) is 14.6. The molecule has 0 bridgehead atoms. The molecule has 1 heterocycles. The Bertz CT molecular complexity index is 817. The van der Waals surface area contributed by atoms with E-state index in [-0.39, 0.29) is 11.6 Å². The molecule has 1 amide bonds. The smallest absolute Gasteiger partial charge is 0.273 e. The molecule has 0 N–H and O–H groups in total. The van der Waals surface area contributed by atoms with Gasteiger partial charge in [0, 0.05) is 43.4 Å². The Labute approximate surface area is 150 Å². The molecule has 1 aliphatic heterocycles. The number of amides is 1. The summed E-state index contributed by atoms with van der Waals surface area (Å²) in [5, 5.41) is 11.8. The Morgan fingerprint density at radius 1 is 1.08 bits per heavy atom. The van der Waals surface area contributed by atoms with Crippen molar-refractivity contribution in [3.63, 3.8) is 0 Å². The summed E-state index contributed by atoms with van der Waals surface area (Å²) < 4.78 is 0. The molecule has 25 heavy (non-hydrogen) atoms. The summed E-state index contributed by atoms with van der Waals surface area (Å²) in [6.45, 7) is 4.05. The van der Waals surface area contributed by atoms with Crippen molar-refractivity contribution in [3.05, 3.63) is 68.7 Å². The first-order chi connectivity index (χ1) is 12.0. The molecule has 0 spiro atoms. The van der Waals surface area contributed by atoms with Crippen LogP contribution >= 0.6 is 11.6 Å². The second-order valence-electron chi connectivity index (χ2n) is 5.94. The lowest BCUT2D eigenvalue weighted by molar-refractivity contribution is -0.385. The first-order valence-corrected chi connectivity index (χ1v) is 8.39. The SMILES string of the molecule is Cc1c(C(=O)N2CCN(c3ccccc3Cl)CC2)cccc1[N+](=O)[O-]. The Morgan fingerprint density at radius 3 is 2.40 bits per heavy atom. The van der Waals surface area contributed by atoms with Crippen LogP contribution in [0.1, 0.15) is 15.9 Å². The largest absolute Gasteiger partial charge is 0.367 e. The summed E-state index contributed by atoms with van der Waals surface area (Å²) in [7, 11) is 0. The molecule has 0 saturated carbocycles. The number of hydrogen-bond donors (Lipinski definition) is 0. The molecular weight excluding hydrogens is 342 g/mol. The van der Waals surface area contributed by atoms with Gasteiger partial charge in [-0.25, -0.2) is 0 Å². The van der Waals surface area contributed by atoms with Gasteiger partial charge in [0.05, 0.1) is 15.6 Å². The van der Waals surface area contributed by atoms with Crippen LogP contribution in [0.5, 0.6) is 0 Å². The monoisotopic (exact) mass is 359 g/mol. The fourth-order valence-corrected chi connectivity index (χ4v) is 3.34. The van der Waals surface area contributed by atoms with Crippen LogP contribution in [0, 0.1) is 17.0 Å². The van der Waals surface area contributed by atoms with Crippen LogP contribution in [-0.2, 0) is 0 Å². The highest BCUT2D eigenvalue weighted by Gasteiger charge is 2.26. The number of hydrogen-bond acceptors (Lipinski definition) is 4. The van der Waals surface area contributed by atoms with Crippen LogP contribution in [0.15, 0.2) is 42.5 Å². The maximum atomic E-state index is 12.8. The van der Waals surface area contributed by atoms with E-state index in [1.54, 1.807) is 24.0 Å². The number of nitrogens with zero attached hydrogens (tertiary/aromatic N) is 3. The predicted octanol–water partition coefficient (Wildman–Crippen LogP) is 3.52. The molecule has 0 radical (unpaired) electrons. The van der Waals surface area contributed by atoms with E-state index in [2.05, 4.69) is 4.90 Å². The van der Waals surface area contributed by atoms with E-state index >= 15 is 0 Å². The molecule has 2 aromatic carbocycles. The Kier molecular flexibility index (Phi) is 4.90. The molecule has 6 nitrogen and oxygen atoms in total. The van der Waals surface area contributed by atoms with Crippen LogP contribution in [0.4, 0.5) is 11.4 Å². The van der Waals surface area contributed by atoms with Gasteiger partial charge in [0.15, 0.2) is 0 Å². The van der Waals surface area contributed by atoms with Gasteiger partial charge in [0.1, 0.15) is 0 Å². The average Bonchev–Trinajstić information content (AvgIpc) is 2.62. The second kappa shape index (κ2) is 7.11. The minimum absolute atomic E-state index is 0.0273. The van der Waals surface area contributed by atoms with E-state index in [1.165, 1.54) is 6.07 Å². The van der Waals surface area contributed by atoms with Crippen molar-refractivity contribution in [1.82, 2.24) is 4.90 Å². The van der Waals surface area contributed by atoms with Gasteiger partial charge in [-0.3, -0.25) is 14.9 Å². The molecule has 0 unspecified atom stereocenters. The lowest BCUT2D eigenvalue weighted by atomic mass is 10.1. The van der Waals surface area contributed by atoms with Crippen molar-refractivity contribution < 1.29 is 9.72 Å². The highest BCUT2D eigenvalue weighted by Crippen LogP contribution is 2.27. The van der Waals surface area contributed by atoms with Crippen molar-refractivity contribution in [2.24, 2.45) is 0 Å². The number of para-hydroxylation sites is 1. The van der Waals surface area contributed by atoms with E-state index in [0.717, 1.165) is 5.69 Å². The maximum Gasteiger partial charge on any atom is 0.273 e. The van der Waals surface area contributed by atoms with Gasteiger partial charge >= 0.3 is 0 Å². The van der Waals surface area contributed by atoms with E-state index < -0.39 is 4.92 Å². The highest BCUT2D eigenvalue weighted by molar-refractivity contribution is 6.33. The van der Waals surface area contributed by atoms with E-state index in [4.69, 9.17) is 11.6 Å². The highest BCUT2D eigenvalue weighted by atomic mass is 35.5. The molecule has 1 fully saturated rings. The molecule has 1 aliphatic rings. The minimum atomic E-state index is -0.457. The first kappa shape index (κ1) is 17.2. The molecule has 130 valence electrons. The number of benzene rings is 2. The van der Waals surface area contributed by atoms with Crippen LogP contribution in [0.25, 0.3) is 0 Å². The Hall–Kier alpha value is -2.60. The molecule has 3 rings (SSSR count). The van der Waals surface area contributed by atoms with Crippen molar-refractivity contribution in [2.75, 3.05) is 31.1 Å². The average molecular weight is 360 g/mol. The second-order valence-corrected chi connectivity index (χ2v) is 6.34. The van der Waals surface area contributed by atoms with Crippen molar-refractivity contribution in [1.29, 1.82) is 0 Å². The van der Waals surface area contributed by atoms with E-state index in [0.29, 0.717) is 42.3 Å². The molecule has 0 atom stereocenters. The van der Waals surface area contributed by atoms with Gasteiger partial charge in [-0.2, -0.15) is 0 Å². The number of carbonyl (C=O) groups excluding carboxylic acids is 1. The number of nitro groups is 1. The minimum Gasteiger partial charge on any atom is -0.367 e. The fraction of sp³-hybridized carbons (Fsp3) is 0.278. The summed E-state index contributed by atoms with van der Waals surface area (Å²) in [4.78, 5) is 27.3. The van der Waals surface area contributed by atoms with Crippen molar-refractivity contribution >= 4 is 28.9 Å². The fourth-order valence-electron chi connectivity index (χ4n) is 3.08. The van der Waals surface area contributed by atoms with Gasteiger partial charge in [-0.05, 0) is 25.1 Å². The normalized spacial score (nSPS) is 14.5. The van der Waals surface area contributed by atoms with Crippen LogP contribution in [-0.4, -0.2) is 41.9 Å². The Morgan fingerprint density at radius 2 is 1.76 bits per heavy atom. The predicted molar refractivity (Wildman–Crippen MR) is 97.4 cm³/mol. The van der Waals surface area contributed by atoms with Gasteiger partial charge in [-0.15, -0.1) is 0 Å². The third-order valence-electron chi connectivity index (χ3n) is 4.49. The summed E-state index contributed by atoms with van der Waals surface area (Å²) in [6.07, 6.45) is 0. The lowest BCUT2D eigenvalue weighted by Crippen LogP contribution is -2.49. The van der Waals surface area contributed by atoms with Gasteiger partial charge in [0.25, 0.3) is 11.6 Å². The number of piperazine rings is 1. The zero-order chi connectivity index (χ0) is 18.0. The molecular formula is C18H18ClN3O3.